The van der Waals surface area contributed by atoms with Crippen molar-refractivity contribution in [2.24, 2.45) is 0 Å². The average molecular weight is 409 g/mol. The van der Waals surface area contributed by atoms with E-state index in [2.05, 4.69) is 40.2 Å². The zero-order valence-corrected chi connectivity index (χ0v) is 16.9. The molecule has 0 saturated carbocycles. The van der Waals surface area contributed by atoms with E-state index in [0.717, 1.165) is 37.0 Å². The minimum Gasteiger partial charge on any atom is -0.419 e. The highest BCUT2D eigenvalue weighted by atomic mass is 32.1. The minimum absolute atomic E-state index is 0.0221. The molecule has 1 aliphatic rings. The van der Waals surface area contributed by atoms with Crippen molar-refractivity contribution in [3.05, 3.63) is 65.2 Å². The Bertz CT molecular complexity index is 1090. The Morgan fingerprint density at radius 1 is 1.14 bits per heavy atom. The van der Waals surface area contributed by atoms with Gasteiger partial charge in [0.25, 0.3) is 0 Å². The molecule has 1 saturated heterocycles. The molecule has 1 fully saturated rings. The van der Waals surface area contributed by atoms with Crippen molar-refractivity contribution in [1.82, 2.24) is 20.1 Å². The number of aromatic nitrogens is 3. The van der Waals surface area contributed by atoms with E-state index in [4.69, 9.17) is 9.40 Å². The fourth-order valence-corrected chi connectivity index (χ4v) is 4.99. The molecule has 2 aromatic carbocycles. The standard InChI is InChI=1S/C22H21FN4OS/c1-14(20-25-26-21(28-20)15-8-10-17(23)11-9-15)27-12-4-5-16(13-27)22-24-18-6-2-3-7-19(18)29-22/h2-3,6-11,14,16H,4-5,12-13H2,1H3/t14-,16-/m0/s1. The van der Waals surface area contributed by atoms with Crippen LogP contribution in [-0.2, 0) is 0 Å². The van der Waals surface area contributed by atoms with Gasteiger partial charge in [-0.25, -0.2) is 9.37 Å². The van der Waals surface area contributed by atoms with Crippen LogP contribution in [0.25, 0.3) is 21.7 Å². The molecule has 148 valence electrons. The first-order valence-electron chi connectivity index (χ1n) is 9.86. The van der Waals surface area contributed by atoms with Gasteiger partial charge in [0.1, 0.15) is 5.82 Å². The SMILES string of the molecule is C[C@@H](c1nnc(-c2ccc(F)cc2)o1)N1CCC[C@H](c2nc3ccccc3s2)C1. The summed E-state index contributed by atoms with van der Waals surface area (Å²) in [5, 5.41) is 9.63. The monoisotopic (exact) mass is 408 g/mol. The second kappa shape index (κ2) is 7.65. The van der Waals surface area contributed by atoms with Gasteiger partial charge in [-0.1, -0.05) is 12.1 Å². The summed E-state index contributed by atoms with van der Waals surface area (Å²) in [7, 11) is 0. The van der Waals surface area contributed by atoms with Gasteiger partial charge in [-0.2, -0.15) is 0 Å². The second-order valence-electron chi connectivity index (χ2n) is 7.48. The molecule has 5 rings (SSSR count). The number of para-hydroxylation sites is 1. The molecule has 0 spiro atoms. The summed E-state index contributed by atoms with van der Waals surface area (Å²) in [5.41, 5.74) is 1.81. The molecule has 0 unspecified atom stereocenters. The first kappa shape index (κ1) is 18.4. The van der Waals surface area contributed by atoms with E-state index in [1.807, 2.05) is 6.07 Å². The maximum absolute atomic E-state index is 13.1. The predicted molar refractivity (Wildman–Crippen MR) is 111 cm³/mol. The largest absolute Gasteiger partial charge is 0.419 e. The van der Waals surface area contributed by atoms with Crippen molar-refractivity contribution in [3.63, 3.8) is 0 Å². The maximum atomic E-state index is 13.1. The number of hydrogen-bond acceptors (Lipinski definition) is 6. The molecular weight excluding hydrogens is 387 g/mol. The van der Waals surface area contributed by atoms with E-state index < -0.39 is 0 Å². The summed E-state index contributed by atoms with van der Waals surface area (Å²) in [6.07, 6.45) is 2.26. The minimum atomic E-state index is -0.281. The molecule has 29 heavy (non-hydrogen) atoms. The Balaban J connectivity index is 1.33. The average Bonchev–Trinajstić information content (AvgIpc) is 3.41. The number of likely N-dealkylation sites (tertiary alicyclic amines) is 1. The molecule has 1 aliphatic heterocycles. The smallest absolute Gasteiger partial charge is 0.247 e. The predicted octanol–water partition coefficient (Wildman–Crippen LogP) is 5.43. The number of benzene rings is 2. The molecule has 0 amide bonds. The number of nitrogens with zero attached hydrogens (tertiary/aromatic N) is 4. The summed E-state index contributed by atoms with van der Waals surface area (Å²) in [5.74, 6) is 1.15. The van der Waals surface area contributed by atoms with E-state index in [-0.39, 0.29) is 11.9 Å². The van der Waals surface area contributed by atoms with Crippen LogP contribution >= 0.6 is 11.3 Å². The van der Waals surface area contributed by atoms with E-state index in [9.17, 15) is 4.39 Å². The third-order valence-electron chi connectivity index (χ3n) is 5.55. The Labute approximate surface area is 172 Å². The van der Waals surface area contributed by atoms with Crippen molar-refractivity contribution in [3.8, 4) is 11.5 Å². The normalized spacial score (nSPS) is 18.9. The van der Waals surface area contributed by atoms with E-state index in [0.29, 0.717) is 17.7 Å². The molecule has 0 aliphatic carbocycles. The number of halogens is 1. The molecule has 5 nitrogen and oxygen atoms in total. The van der Waals surface area contributed by atoms with Crippen molar-refractivity contribution in [2.75, 3.05) is 13.1 Å². The van der Waals surface area contributed by atoms with Crippen LogP contribution in [0.3, 0.4) is 0 Å². The Hall–Kier alpha value is -2.64. The molecule has 0 radical (unpaired) electrons. The summed E-state index contributed by atoms with van der Waals surface area (Å²) in [6.45, 7) is 4.02. The van der Waals surface area contributed by atoms with Crippen molar-refractivity contribution in [2.45, 2.75) is 31.7 Å². The van der Waals surface area contributed by atoms with Gasteiger partial charge < -0.3 is 4.42 Å². The van der Waals surface area contributed by atoms with Gasteiger partial charge in [0, 0.05) is 18.0 Å². The zero-order chi connectivity index (χ0) is 19.8. The summed E-state index contributed by atoms with van der Waals surface area (Å²) >= 11 is 1.80. The number of piperidine rings is 1. The molecule has 2 aromatic heterocycles. The lowest BCUT2D eigenvalue weighted by Crippen LogP contribution is -2.36. The lowest BCUT2D eigenvalue weighted by Gasteiger charge is -2.34. The molecule has 2 atom stereocenters. The lowest BCUT2D eigenvalue weighted by atomic mass is 9.97. The topological polar surface area (TPSA) is 55.1 Å². The second-order valence-corrected chi connectivity index (χ2v) is 8.54. The quantitative estimate of drug-likeness (QED) is 0.451. The van der Waals surface area contributed by atoms with Crippen molar-refractivity contribution >= 4 is 21.6 Å². The van der Waals surface area contributed by atoms with Crippen LogP contribution in [0.15, 0.2) is 52.9 Å². The van der Waals surface area contributed by atoms with E-state index in [1.165, 1.54) is 21.8 Å². The first-order chi connectivity index (χ1) is 14.2. The summed E-state index contributed by atoms with van der Waals surface area (Å²) in [4.78, 5) is 7.25. The number of hydrogen-bond donors (Lipinski definition) is 0. The summed E-state index contributed by atoms with van der Waals surface area (Å²) < 4.78 is 20.3. The highest BCUT2D eigenvalue weighted by molar-refractivity contribution is 7.18. The van der Waals surface area contributed by atoms with Gasteiger partial charge in [-0.3, -0.25) is 4.90 Å². The fourth-order valence-electron chi connectivity index (χ4n) is 3.89. The van der Waals surface area contributed by atoms with E-state index in [1.54, 1.807) is 23.5 Å². The summed E-state index contributed by atoms with van der Waals surface area (Å²) in [6, 6.07) is 14.4. The Kier molecular flexibility index (Phi) is 4.85. The third-order valence-corrected chi connectivity index (χ3v) is 6.75. The highest BCUT2D eigenvalue weighted by Crippen LogP contribution is 2.35. The zero-order valence-electron chi connectivity index (χ0n) is 16.1. The van der Waals surface area contributed by atoms with Crippen LogP contribution < -0.4 is 0 Å². The van der Waals surface area contributed by atoms with Crippen LogP contribution in [-0.4, -0.2) is 33.2 Å². The van der Waals surface area contributed by atoms with Gasteiger partial charge in [0.05, 0.1) is 21.3 Å². The molecule has 3 heterocycles. The Morgan fingerprint density at radius 2 is 1.97 bits per heavy atom. The van der Waals surface area contributed by atoms with Gasteiger partial charge >= 0.3 is 0 Å². The van der Waals surface area contributed by atoms with Crippen molar-refractivity contribution in [1.29, 1.82) is 0 Å². The number of thiazole rings is 1. The number of fused-ring (bicyclic) bond motifs is 1. The van der Waals surface area contributed by atoms with Crippen molar-refractivity contribution < 1.29 is 8.81 Å². The van der Waals surface area contributed by atoms with Gasteiger partial charge in [0.2, 0.25) is 11.8 Å². The molecule has 7 heteroatoms. The van der Waals surface area contributed by atoms with Gasteiger partial charge in [0.15, 0.2) is 0 Å². The van der Waals surface area contributed by atoms with Crippen LogP contribution in [0, 0.1) is 5.82 Å². The first-order valence-corrected chi connectivity index (χ1v) is 10.7. The van der Waals surface area contributed by atoms with Gasteiger partial charge in [-0.05, 0) is 62.7 Å². The third kappa shape index (κ3) is 3.68. The van der Waals surface area contributed by atoms with Gasteiger partial charge in [-0.15, -0.1) is 21.5 Å². The highest BCUT2D eigenvalue weighted by Gasteiger charge is 2.29. The van der Waals surface area contributed by atoms with E-state index >= 15 is 0 Å². The van der Waals surface area contributed by atoms with Crippen LogP contribution in [0.4, 0.5) is 4.39 Å². The maximum Gasteiger partial charge on any atom is 0.247 e. The molecular formula is C22H21FN4OS. The van der Waals surface area contributed by atoms with Crippen LogP contribution in [0.1, 0.15) is 42.6 Å². The molecule has 0 N–H and O–H groups in total. The molecule has 0 bridgehead atoms. The fraction of sp³-hybridized carbons (Fsp3) is 0.318. The molecule has 4 aromatic rings. The Morgan fingerprint density at radius 3 is 2.79 bits per heavy atom. The van der Waals surface area contributed by atoms with Crippen LogP contribution in [0.5, 0.6) is 0 Å². The number of rotatable bonds is 4. The lowest BCUT2D eigenvalue weighted by molar-refractivity contribution is 0.139. The van der Waals surface area contributed by atoms with Crippen LogP contribution in [0.2, 0.25) is 0 Å².